The second-order valence-electron chi connectivity index (χ2n) is 4.80. The number of nitrogens with zero attached hydrogens (tertiary/aromatic N) is 3. The summed E-state index contributed by atoms with van der Waals surface area (Å²) in [6, 6.07) is 12.1. The monoisotopic (exact) mass is 282 g/mol. The van der Waals surface area contributed by atoms with E-state index in [1.807, 2.05) is 47.4 Å². The molecule has 0 unspecified atom stereocenters. The van der Waals surface area contributed by atoms with Crippen LogP contribution in [0.15, 0.2) is 48.9 Å². The first-order valence-corrected chi connectivity index (χ1v) is 6.95. The van der Waals surface area contributed by atoms with Crippen molar-refractivity contribution < 1.29 is 4.74 Å². The topological polar surface area (TPSA) is 52.0 Å². The van der Waals surface area contributed by atoms with Gasteiger partial charge < -0.3 is 10.1 Å². The fraction of sp³-hybridized carbons (Fsp3) is 0.250. The molecule has 3 aromatic rings. The van der Waals surface area contributed by atoms with Crippen LogP contribution in [0.4, 0.5) is 0 Å². The molecule has 5 nitrogen and oxygen atoms in total. The third kappa shape index (κ3) is 3.09. The number of ether oxygens (including phenoxy) is 1. The molecule has 0 saturated heterocycles. The van der Waals surface area contributed by atoms with E-state index in [0.717, 1.165) is 35.5 Å². The van der Waals surface area contributed by atoms with Gasteiger partial charge in [0.2, 0.25) is 0 Å². The van der Waals surface area contributed by atoms with Crippen LogP contribution < -0.4 is 5.32 Å². The lowest BCUT2D eigenvalue weighted by Gasteiger charge is -2.06. The second kappa shape index (κ2) is 6.47. The third-order valence-corrected chi connectivity index (χ3v) is 3.32. The Labute approximate surface area is 123 Å². The lowest BCUT2D eigenvalue weighted by Crippen LogP contribution is -2.18. The number of fused-ring (bicyclic) bond motifs is 1. The van der Waals surface area contributed by atoms with Crippen LogP contribution in [-0.2, 0) is 11.3 Å². The molecular weight excluding hydrogens is 264 g/mol. The number of aromatic nitrogens is 3. The summed E-state index contributed by atoms with van der Waals surface area (Å²) in [4.78, 5) is 8.91. The SMILES string of the molecule is COCCNCc1ccc(-n2cnc3ccccc32)nc1. The summed E-state index contributed by atoms with van der Waals surface area (Å²) in [6.45, 7) is 2.35. The zero-order valence-electron chi connectivity index (χ0n) is 12.0. The maximum atomic E-state index is 5.00. The highest BCUT2D eigenvalue weighted by Crippen LogP contribution is 2.16. The van der Waals surface area contributed by atoms with E-state index >= 15 is 0 Å². The fourth-order valence-corrected chi connectivity index (χ4v) is 2.21. The van der Waals surface area contributed by atoms with E-state index in [4.69, 9.17) is 4.74 Å². The minimum Gasteiger partial charge on any atom is -0.383 e. The summed E-state index contributed by atoms with van der Waals surface area (Å²) < 4.78 is 7.00. The van der Waals surface area contributed by atoms with E-state index in [0.29, 0.717) is 6.61 Å². The van der Waals surface area contributed by atoms with Crippen molar-refractivity contribution in [1.29, 1.82) is 0 Å². The van der Waals surface area contributed by atoms with Crippen molar-refractivity contribution in [2.75, 3.05) is 20.3 Å². The van der Waals surface area contributed by atoms with E-state index in [-0.39, 0.29) is 0 Å². The molecule has 0 spiro atoms. The lowest BCUT2D eigenvalue weighted by atomic mass is 10.2. The third-order valence-electron chi connectivity index (χ3n) is 3.32. The number of nitrogens with one attached hydrogen (secondary N) is 1. The zero-order chi connectivity index (χ0) is 14.5. The summed E-state index contributed by atoms with van der Waals surface area (Å²) in [6.07, 6.45) is 3.70. The molecule has 0 aliphatic rings. The van der Waals surface area contributed by atoms with Crippen molar-refractivity contribution in [3.63, 3.8) is 0 Å². The van der Waals surface area contributed by atoms with Gasteiger partial charge >= 0.3 is 0 Å². The van der Waals surface area contributed by atoms with Crippen molar-refractivity contribution in [2.24, 2.45) is 0 Å². The predicted molar refractivity (Wildman–Crippen MR) is 82.4 cm³/mol. The molecule has 3 rings (SSSR count). The molecule has 0 amide bonds. The summed E-state index contributed by atoms with van der Waals surface area (Å²) in [5.74, 6) is 0.879. The van der Waals surface area contributed by atoms with Crippen LogP contribution in [0.2, 0.25) is 0 Å². The van der Waals surface area contributed by atoms with Crippen LogP contribution in [0.5, 0.6) is 0 Å². The number of benzene rings is 1. The van der Waals surface area contributed by atoms with Gasteiger partial charge in [0, 0.05) is 26.4 Å². The molecule has 0 bridgehead atoms. The van der Waals surface area contributed by atoms with Crippen LogP contribution >= 0.6 is 0 Å². The smallest absolute Gasteiger partial charge is 0.138 e. The summed E-state index contributed by atoms with van der Waals surface area (Å²) in [5.41, 5.74) is 3.19. The van der Waals surface area contributed by atoms with Crippen molar-refractivity contribution in [3.8, 4) is 5.82 Å². The zero-order valence-corrected chi connectivity index (χ0v) is 12.0. The first-order chi connectivity index (χ1) is 10.4. The van der Waals surface area contributed by atoms with E-state index in [1.54, 1.807) is 7.11 Å². The molecule has 0 fully saturated rings. The van der Waals surface area contributed by atoms with E-state index in [2.05, 4.69) is 21.4 Å². The largest absolute Gasteiger partial charge is 0.383 e. The number of para-hydroxylation sites is 2. The molecule has 2 heterocycles. The fourth-order valence-electron chi connectivity index (χ4n) is 2.21. The first kappa shape index (κ1) is 13.7. The van der Waals surface area contributed by atoms with Gasteiger partial charge in [0.05, 0.1) is 17.6 Å². The summed E-state index contributed by atoms with van der Waals surface area (Å²) in [7, 11) is 1.70. The maximum absolute atomic E-state index is 5.00. The Kier molecular flexibility index (Phi) is 4.23. The highest BCUT2D eigenvalue weighted by atomic mass is 16.5. The molecule has 21 heavy (non-hydrogen) atoms. The Morgan fingerprint density at radius 1 is 1.14 bits per heavy atom. The van der Waals surface area contributed by atoms with E-state index in [9.17, 15) is 0 Å². The van der Waals surface area contributed by atoms with Gasteiger partial charge in [0.15, 0.2) is 0 Å². The van der Waals surface area contributed by atoms with Gasteiger partial charge in [-0.05, 0) is 23.8 Å². The molecule has 0 saturated carbocycles. The molecule has 0 aliphatic heterocycles. The number of imidazole rings is 1. The van der Waals surface area contributed by atoms with Crippen molar-refractivity contribution in [3.05, 3.63) is 54.5 Å². The van der Waals surface area contributed by atoms with Crippen LogP contribution in [0.1, 0.15) is 5.56 Å². The van der Waals surface area contributed by atoms with Gasteiger partial charge in [-0.15, -0.1) is 0 Å². The number of hydrogen-bond acceptors (Lipinski definition) is 4. The van der Waals surface area contributed by atoms with Gasteiger partial charge in [-0.3, -0.25) is 4.57 Å². The molecule has 108 valence electrons. The lowest BCUT2D eigenvalue weighted by molar-refractivity contribution is 0.199. The Hall–Kier alpha value is -2.24. The van der Waals surface area contributed by atoms with Gasteiger partial charge in [0.1, 0.15) is 12.1 Å². The number of methoxy groups -OCH3 is 1. The molecule has 0 atom stereocenters. The quantitative estimate of drug-likeness (QED) is 0.704. The standard InChI is InChI=1S/C16H18N4O/c1-21-9-8-17-10-13-6-7-16(18-11-13)20-12-19-14-4-2-3-5-15(14)20/h2-7,11-12,17H,8-10H2,1H3. The van der Waals surface area contributed by atoms with Crippen LogP contribution in [0, 0.1) is 0 Å². The van der Waals surface area contributed by atoms with Crippen molar-refractivity contribution in [1.82, 2.24) is 19.9 Å². The average molecular weight is 282 g/mol. The number of rotatable bonds is 6. The molecule has 0 aliphatic carbocycles. The molecule has 5 heteroatoms. The highest BCUT2D eigenvalue weighted by Gasteiger charge is 2.04. The Balaban J connectivity index is 1.75. The minimum absolute atomic E-state index is 0.715. The number of pyridine rings is 1. The predicted octanol–water partition coefficient (Wildman–Crippen LogP) is 2.16. The average Bonchev–Trinajstić information content (AvgIpc) is 2.96. The Bertz CT molecular complexity index is 706. The van der Waals surface area contributed by atoms with Crippen LogP contribution in [0.3, 0.4) is 0 Å². The normalized spacial score (nSPS) is 11.1. The van der Waals surface area contributed by atoms with Crippen molar-refractivity contribution in [2.45, 2.75) is 6.54 Å². The van der Waals surface area contributed by atoms with E-state index in [1.165, 1.54) is 0 Å². The van der Waals surface area contributed by atoms with E-state index < -0.39 is 0 Å². The molecular formula is C16H18N4O. The Morgan fingerprint density at radius 2 is 2.05 bits per heavy atom. The maximum Gasteiger partial charge on any atom is 0.138 e. The summed E-state index contributed by atoms with van der Waals surface area (Å²) >= 11 is 0. The number of hydrogen-bond donors (Lipinski definition) is 1. The highest BCUT2D eigenvalue weighted by molar-refractivity contribution is 5.76. The van der Waals surface area contributed by atoms with Gasteiger partial charge in [-0.2, -0.15) is 0 Å². The van der Waals surface area contributed by atoms with Crippen LogP contribution in [-0.4, -0.2) is 34.8 Å². The molecule has 1 aromatic carbocycles. The Morgan fingerprint density at radius 3 is 2.86 bits per heavy atom. The summed E-state index contributed by atoms with van der Waals surface area (Å²) in [5, 5.41) is 3.30. The minimum atomic E-state index is 0.715. The van der Waals surface area contributed by atoms with Crippen molar-refractivity contribution >= 4 is 11.0 Å². The second-order valence-corrected chi connectivity index (χ2v) is 4.80. The van der Waals surface area contributed by atoms with Gasteiger partial charge in [0.25, 0.3) is 0 Å². The first-order valence-electron chi connectivity index (χ1n) is 6.95. The molecule has 0 radical (unpaired) electrons. The van der Waals surface area contributed by atoms with Crippen LogP contribution in [0.25, 0.3) is 16.9 Å². The molecule has 2 aromatic heterocycles. The van der Waals surface area contributed by atoms with Gasteiger partial charge in [-0.1, -0.05) is 18.2 Å². The van der Waals surface area contributed by atoms with Gasteiger partial charge in [-0.25, -0.2) is 9.97 Å². The molecule has 1 N–H and O–H groups in total.